The number of halogens is 2. The maximum Gasteiger partial charge on any atom is 0.339 e. The summed E-state index contributed by atoms with van der Waals surface area (Å²) in [6.45, 7) is 2.32. The smallest absolute Gasteiger partial charge is 0.339 e. The van der Waals surface area contributed by atoms with Gasteiger partial charge in [0.05, 0.1) is 15.4 Å². The summed E-state index contributed by atoms with van der Waals surface area (Å²) in [6, 6.07) is 9.32. The molecule has 0 aliphatic heterocycles. The highest BCUT2D eigenvalue weighted by Crippen LogP contribution is 2.35. The highest BCUT2D eigenvalue weighted by Gasteiger charge is 2.22. The Morgan fingerprint density at radius 3 is 2.68 bits per heavy atom. The molecule has 0 spiro atoms. The number of hydrogen-bond donors (Lipinski definition) is 0. The van der Waals surface area contributed by atoms with Gasteiger partial charge >= 0.3 is 5.63 Å². The van der Waals surface area contributed by atoms with Crippen LogP contribution in [-0.2, 0) is 19.4 Å². The van der Waals surface area contributed by atoms with Crippen molar-refractivity contribution in [1.29, 1.82) is 0 Å². The summed E-state index contributed by atoms with van der Waals surface area (Å²) in [4.78, 5) is 12.2. The van der Waals surface area contributed by atoms with Gasteiger partial charge < -0.3 is 9.15 Å². The quantitative estimate of drug-likeness (QED) is 0.570. The van der Waals surface area contributed by atoms with Crippen LogP contribution in [-0.4, -0.2) is 0 Å². The zero-order chi connectivity index (χ0) is 17.6. The normalized spacial score (nSPS) is 13.2. The Balaban J connectivity index is 1.77. The molecule has 0 amide bonds. The van der Waals surface area contributed by atoms with Crippen LogP contribution < -0.4 is 10.4 Å². The molecule has 0 unspecified atom stereocenters. The molecule has 0 saturated carbocycles. The molecule has 3 aromatic rings. The monoisotopic (exact) mass is 374 g/mol. The molecule has 25 heavy (non-hydrogen) atoms. The molecule has 5 heteroatoms. The van der Waals surface area contributed by atoms with Gasteiger partial charge in [0.15, 0.2) is 0 Å². The minimum atomic E-state index is -0.221. The molecule has 0 saturated heterocycles. The lowest BCUT2D eigenvalue weighted by Gasteiger charge is -2.13. The first kappa shape index (κ1) is 16.5. The molecule has 0 atom stereocenters. The topological polar surface area (TPSA) is 39.4 Å². The summed E-state index contributed by atoms with van der Waals surface area (Å²) in [6.07, 6.45) is 2.62. The number of ether oxygens (including phenoxy) is 1. The maximum atomic E-state index is 12.2. The van der Waals surface area contributed by atoms with E-state index in [1.54, 1.807) is 12.1 Å². The van der Waals surface area contributed by atoms with Crippen LogP contribution in [0.15, 0.2) is 39.5 Å². The predicted octanol–water partition coefficient (Wildman–Crippen LogP) is 5.48. The molecular formula is C20H16Cl2O3. The Bertz CT molecular complexity index is 1040. The average molecular weight is 375 g/mol. The third kappa shape index (κ3) is 3.03. The Kier molecular flexibility index (Phi) is 4.22. The molecule has 1 aliphatic rings. The zero-order valence-corrected chi connectivity index (χ0v) is 15.2. The Hall–Kier alpha value is -1.97. The second-order valence-electron chi connectivity index (χ2n) is 6.37. The molecule has 2 aromatic carbocycles. The summed E-state index contributed by atoms with van der Waals surface area (Å²) in [5, 5.41) is 1.94. The largest absolute Gasteiger partial charge is 0.488 e. The van der Waals surface area contributed by atoms with Gasteiger partial charge in [-0.2, -0.15) is 0 Å². The molecule has 3 nitrogen and oxygen atoms in total. The molecule has 0 radical (unpaired) electrons. The molecule has 1 aromatic heterocycles. The van der Waals surface area contributed by atoms with E-state index in [2.05, 4.69) is 0 Å². The van der Waals surface area contributed by atoms with Gasteiger partial charge in [-0.05, 0) is 67.1 Å². The van der Waals surface area contributed by atoms with E-state index in [4.69, 9.17) is 32.4 Å². The van der Waals surface area contributed by atoms with Gasteiger partial charge in [-0.3, -0.25) is 0 Å². The lowest BCUT2D eigenvalue weighted by Crippen LogP contribution is -2.08. The number of rotatable bonds is 3. The molecule has 4 rings (SSSR count). The van der Waals surface area contributed by atoms with Crippen LogP contribution in [0.2, 0.25) is 10.0 Å². The van der Waals surface area contributed by atoms with E-state index >= 15 is 0 Å². The highest BCUT2D eigenvalue weighted by atomic mass is 35.5. The van der Waals surface area contributed by atoms with Crippen molar-refractivity contribution in [1.82, 2.24) is 0 Å². The molecule has 0 fully saturated rings. The lowest BCUT2D eigenvalue weighted by molar-refractivity contribution is 0.309. The lowest BCUT2D eigenvalue weighted by atomic mass is 10.0. The highest BCUT2D eigenvalue weighted by molar-refractivity contribution is 6.42. The minimum Gasteiger partial charge on any atom is -0.488 e. The molecule has 0 bridgehead atoms. The first-order chi connectivity index (χ1) is 12.0. The summed E-state index contributed by atoms with van der Waals surface area (Å²) in [5.41, 5.74) is 4.14. The van der Waals surface area contributed by atoms with Crippen LogP contribution in [0, 0.1) is 6.92 Å². The molecule has 1 aliphatic carbocycles. The van der Waals surface area contributed by atoms with E-state index in [9.17, 15) is 4.79 Å². The fourth-order valence-electron chi connectivity index (χ4n) is 3.41. The standard InChI is InChI=1S/C20H16Cl2O3/c1-11-7-17(24-10-12-5-6-15(21)16(22)9-12)19-13-3-2-4-14(13)20(23)25-18(19)8-11/h5-9H,2-4,10H2,1H3. The number of fused-ring (bicyclic) bond motifs is 3. The molecular weight excluding hydrogens is 359 g/mol. The van der Waals surface area contributed by atoms with Crippen molar-refractivity contribution in [3.63, 3.8) is 0 Å². The van der Waals surface area contributed by atoms with Gasteiger partial charge in [0.25, 0.3) is 0 Å². The second-order valence-corrected chi connectivity index (χ2v) is 7.19. The summed E-state index contributed by atoms with van der Waals surface area (Å²) >= 11 is 12.0. The van der Waals surface area contributed by atoms with Crippen molar-refractivity contribution in [2.45, 2.75) is 32.8 Å². The van der Waals surface area contributed by atoms with Crippen molar-refractivity contribution in [3.8, 4) is 5.75 Å². The van der Waals surface area contributed by atoms with Gasteiger partial charge in [0.1, 0.15) is 17.9 Å². The SMILES string of the molecule is Cc1cc(OCc2ccc(Cl)c(Cl)c2)c2c3c(c(=O)oc2c1)CCC3. The van der Waals surface area contributed by atoms with E-state index in [0.29, 0.717) is 22.2 Å². The van der Waals surface area contributed by atoms with Crippen molar-refractivity contribution in [2.24, 2.45) is 0 Å². The summed E-state index contributed by atoms with van der Waals surface area (Å²) < 4.78 is 11.6. The fourth-order valence-corrected chi connectivity index (χ4v) is 3.73. The second kappa shape index (κ2) is 6.40. The zero-order valence-electron chi connectivity index (χ0n) is 13.7. The van der Waals surface area contributed by atoms with E-state index in [-0.39, 0.29) is 5.63 Å². The Morgan fingerprint density at radius 2 is 1.88 bits per heavy atom. The maximum absolute atomic E-state index is 12.2. The van der Waals surface area contributed by atoms with E-state index < -0.39 is 0 Å². The van der Waals surface area contributed by atoms with E-state index in [0.717, 1.165) is 52.7 Å². The third-order valence-corrected chi connectivity index (χ3v) is 5.30. The minimum absolute atomic E-state index is 0.221. The van der Waals surface area contributed by atoms with Crippen molar-refractivity contribution in [2.75, 3.05) is 0 Å². The van der Waals surface area contributed by atoms with E-state index in [1.807, 2.05) is 25.1 Å². The molecule has 1 heterocycles. The Labute approximate surface area is 155 Å². The van der Waals surface area contributed by atoms with Crippen LogP contribution in [0.3, 0.4) is 0 Å². The Morgan fingerprint density at radius 1 is 1.08 bits per heavy atom. The van der Waals surface area contributed by atoms with Crippen molar-refractivity contribution in [3.05, 3.63) is 73.1 Å². The van der Waals surface area contributed by atoms with Gasteiger partial charge in [0, 0.05) is 5.56 Å². The molecule has 128 valence electrons. The van der Waals surface area contributed by atoms with Crippen LogP contribution in [0.5, 0.6) is 5.75 Å². The van der Waals surface area contributed by atoms with Crippen LogP contribution in [0.1, 0.15) is 28.7 Å². The van der Waals surface area contributed by atoms with Gasteiger partial charge in [-0.25, -0.2) is 4.79 Å². The summed E-state index contributed by atoms with van der Waals surface area (Å²) in [7, 11) is 0. The predicted molar refractivity (Wildman–Crippen MR) is 100 cm³/mol. The van der Waals surface area contributed by atoms with Crippen LogP contribution in [0.25, 0.3) is 11.0 Å². The van der Waals surface area contributed by atoms with Gasteiger partial charge in [-0.15, -0.1) is 0 Å². The fraction of sp³-hybridized carbons (Fsp3) is 0.250. The third-order valence-electron chi connectivity index (χ3n) is 4.56. The van der Waals surface area contributed by atoms with Crippen molar-refractivity contribution < 1.29 is 9.15 Å². The van der Waals surface area contributed by atoms with Crippen LogP contribution in [0.4, 0.5) is 0 Å². The first-order valence-electron chi connectivity index (χ1n) is 8.19. The van der Waals surface area contributed by atoms with Gasteiger partial charge in [0.2, 0.25) is 0 Å². The van der Waals surface area contributed by atoms with Gasteiger partial charge in [-0.1, -0.05) is 29.3 Å². The number of benzene rings is 2. The van der Waals surface area contributed by atoms with E-state index in [1.165, 1.54) is 0 Å². The number of aryl methyl sites for hydroxylation is 2. The van der Waals surface area contributed by atoms with Crippen LogP contribution >= 0.6 is 23.2 Å². The number of hydrogen-bond acceptors (Lipinski definition) is 3. The molecule has 0 N–H and O–H groups in total. The first-order valence-corrected chi connectivity index (χ1v) is 8.94. The summed E-state index contributed by atoms with van der Waals surface area (Å²) in [5.74, 6) is 0.739. The average Bonchev–Trinajstić information content (AvgIpc) is 3.05. The van der Waals surface area contributed by atoms with Crippen molar-refractivity contribution >= 4 is 34.2 Å².